The molecular weight excluding hydrogens is 626 g/mol. The number of carbonyl (C=O) groups is 2. The third kappa shape index (κ3) is 13.1. The summed E-state index contributed by atoms with van der Waals surface area (Å²) in [6.07, 6.45) is 10.1. The SMILES string of the molecule is C=C(NCC=O)N1CCC(N(C)CCc2ccccc2NC=O)CC1.CN1CCC(C2CCOCC2)CC1.Cc1cc(C)c(O)c(Cl)c1. The van der Waals surface area contributed by atoms with Crippen LogP contribution in [0.2, 0.25) is 5.02 Å². The number of amides is 1. The lowest BCUT2D eigenvalue weighted by Gasteiger charge is -2.38. The van der Waals surface area contributed by atoms with Crippen LogP contribution in [-0.2, 0) is 20.7 Å². The number of phenolic OH excluding ortho intramolecular Hbond substituents is 1. The molecule has 2 aromatic rings. The van der Waals surface area contributed by atoms with Crippen LogP contribution in [0.15, 0.2) is 48.8 Å². The van der Waals surface area contributed by atoms with Gasteiger partial charge < -0.3 is 40.0 Å². The second-order valence-electron chi connectivity index (χ2n) is 13.4. The number of nitrogens with zero attached hydrogens (tertiary/aromatic N) is 3. The van der Waals surface area contributed by atoms with Crippen LogP contribution in [0.1, 0.15) is 55.2 Å². The van der Waals surface area contributed by atoms with Crippen LogP contribution in [0.3, 0.4) is 0 Å². The molecule has 0 atom stereocenters. The Balaban J connectivity index is 0.000000224. The number of phenols is 1. The minimum atomic E-state index is 0.187. The highest BCUT2D eigenvalue weighted by atomic mass is 35.5. The van der Waals surface area contributed by atoms with Crippen molar-refractivity contribution in [2.45, 2.75) is 64.8 Å². The van der Waals surface area contributed by atoms with Crippen LogP contribution in [0.4, 0.5) is 5.69 Å². The average Bonchev–Trinajstić information content (AvgIpc) is 3.10. The van der Waals surface area contributed by atoms with E-state index in [2.05, 4.69) is 52.1 Å². The van der Waals surface area contributed by atoms with Crippen molar-refractivity contribution in [1.29, 1.82) is 0 Å². The molecule has 3 fully saturated rings. The summed E-state index contributed by atoms with van der Waals surface area (Å²) in [5.41, 5.74) is 3.94. The fraction of sp³-hybridized carbons (Fsp3) is 0.579. The zero-order valence-electron chi connectivity index (χ0n) is 29.6. The van der Waals surface area contributed by atoms with E-state index in [1.165, 1.54) is 38.8 Å². The molecule has 0 aromatic heterocycles. The standard InChI is InChI=1S/C19H28N4O2.C11H21NO.C8H9ClO/c1-16(20-10-14-24)23-12-8-18(9-13-23)22(2)11-7-17-5-3-4-6-19(17)21-15-25;1-12-6-2-10(3-7-12)11-4-8-13-9-5-11;1-5-3-6(2)8(10)7(9)4-5/h3-6,14-15,18,20H,1,7-13H2,2H3,(H,21,25);10-11H,2-9H2,1H3;3-4,10H,1-2H3. The summed E-state index contributed by atoms with van der Waals surface area (Å²) < 4.78 is 5.40. The maximum Gasteiger partial charge on any atom is 0.211 e. The first-order chi connectivity index (χ1) is 23.1. The number of ether oxygens (including phenoxy) is 1. The van der Waals surface area contributed by atoms with Crippen molar-refractivity contribution in [2.75, 3.05) is 71.9 Å². The molecule has 3 heterocycles. The van der Waals surface area contributed by atoms with Gasteiger partial charge in [0.2, 0.25) is 6.41 Å². The molecule has 3 aliphatic rings. The van der Waals surface area contributed by atoms with Gasteiger partial charge >= 0.3 is 0 Å². The Bertz CT molecular complexity index is 1250. The topological polar surface area (TPSA) is 97.4 Å². The van der Waals surface area contributed by atoms with E-state index in [0.29, 0.717) is 17.6 Å². The second-order valence-corrected chi connectivity index (χ2v) is 13.8. The Labute approximate surface area is 293 Å². The fourth-order valence-electron chi connectivity index (χ4n) is 6.87. The molecule has 0 saturated carbocycles. The van der Waals surface area contributed by atoms with Gasteiger partial charge in [-0.25, -0.2) is 0 Å². The number of aromatic hydroxyl groups is 1. The fourth-order valence-corrected chi connectivity index (χ4v) is 7.19. The van der Waals surface area contributed by atoms with E-state index in [4.69, 9.17) is 16.3 Å². The van der Waals surface area contributed by atoms with Gasteiger partial charge in [0.05, 0.1) is 17.4 Å². The molecule has 0 aliphatic carbocycles. The van der Waals surface area contributed by atoms with Gasteiger partial charge in [-0.1, -0.05) is 42.4 Å². The molecule has 0 bridgehead atoms. The lowest BCUT2D eigenvalue weighted by molar-refractivity contribution is -0.107. The van der Waals surface area contributed by atoms with E-state index in [0.717, 1.165) is 105 Å². The van der Waals surface area contributed by atoms with Gasteiger partial charge in [-0.2, -0.15) is 0 Å². The summed E-state index contributed by atoms with van der Waals surface area (Å²) >= 11 is 5.67. The molecule has 9 nitrogen and oxygen atoms in total. The first kappa shape index (κ1) is 39.3. The largest absolute Gasteiger partial charge is 0.506 e. The predicted molar refractivity (Wildman–Crippen MR) is 197 cm³/mol. The number of benzene rings is 2. The molecule has 3 saturated heterocycles. The number of hydrogen-bond donors (Lipinski definition) is 3. The molecular formula is C38H58ClN5O4. The van der Waals surface area contributed by atoms with E-state index >= 15 is 0 Å². The lowest BCUT2D eigenvalue weighted by Crippen LogP contribution is -2.45. The molecule has 10 heteroatoms. The number of likely N-dealkylation sites (N-methyl/N-ethyl adjacent to an activating group) is 1. The Morgan fingerprint density at radius 1 is 1.02 bits per heavy atom. The third-order valence-corrected chi connectivity index (χ3v) is 10.2. The molecule has 0 radical (unpaired) electrons. The highest BCUT2D eigenvalue weighted by molar-refractivity contribution is 6.32. The van der Waals surface area contributed by atoms with Gasteiger partial charge in [0.1, 0.15) is 12.0 Å². The van der Waals surface area contributed by atoms with E-state index < -0.39 is 0 Å². The van der Waals surface area contributed by atoms with Crippen LogP contribution in [0, 0.1) is 25.7 Å². The molecule has 3 N–H and O–H groups in total. The highest BCUT2D eigenvalue weighted by Crippen LogP contribution is 2.31. The minimum absolute atomic E-state index is 0.187. The van der Waals surface area contributed by atoms with E-state index in [-0.39, 0.29) is 5.75 Å². The van der Waals surface area contributed by atoms with Gasteiger partial charge in [-0.15, -0.1) is 0 Å². The monoisotopic (exact) mass is 683 g/mol. The van der Waals surface area contributed by atoms with Crippen molar-refractivity contribution in [3.63, 3.8) is 0 Å². The summed E-state index contributed by atoms with van der Waals surface area (Å²) in [4.78, 5) is 28.2. The number of piperidine rings is 2. The van der Waals surface area contributed by atoms with E-state index in [9.17, 15) is 14.7 Å². The highest BCUT2D eigenvalue weighted by Gasteiger charge is 2.26. The number of aldehydes is 1. The first-order valence-corrected chi connectivity index (χ1v) is 17.8. The van der Waals surface area contributed by atoms with Gasteiger partial charge in [0.25, 0.3) is 0 Å². The van der Waals surface area contributed by atoms with Crippen molar-refractivity contribution in [1.82, 2.24) is 20.0 Å². The van der Waals surface area contributed by atoms with Crippen LogP contribution < -0.4 is 10.6 Å². The van der Waals surface area contributed by atoms with Crippen molar-refractivity contribution in [3.05, 3.63) is 70.5 Å². The maximum absolute atomic E-state index is 10.7. The van der Waals surface area contributed by atoms with Crippen molar-refractivity contribution in [2.24, 2.45) is 11.8 Å². The zero-order chi connectivity index (χ0) is 34.9. The van der Waals surface area contributed by atoms with Gasteiger partial charge in [0.15, 0.2) is 0 Å². The molecule has 0 spiro atoms. The van der Waals surface area contributed by atoms with Crippen LogP contribution in [-0.4, -0.2) is 105 Å². The first-order valence-electron chi connectivity index (χ1n) is 17.4. The summed E-state index contributed by atoms with van der Waals surface area (Å²) in [6, 6.07) is 12.1. The Kier molecular flexibility index (Phi) is 17.3. The summed E-state index contributed by atoms with van der Waals surface area (Å²) in [7, 11) is 4.40. The number of anilines is 1. The number of para-hydroxylation sites is 1. The summed E-state index contributed by atoms with van der Waals surface area (Å²) in [6.45, 7) is 15.6. The average molecular weight is 684 g/mol. The van der Waals surface area contributed by atoms with Gasteiger partial charge in [0, 0.05) is 44.6 Å². The number of likely N-dealkylation sites (tertiary alicyclic amines) is 2. The third-order valence-electron chi connectivity index (χ3n) is 9.92. The van der Waals surface area contributed by atoms with Gasteiger partial charge in [-0.3, -0.25) is 4.79 Å². The van der Waals surface area contributed by atoms with Crippen molar-refractivity contribution < 1.29 is 19.4 Å². The minimum Gasteiger partial charge on any atom is -0.506 e. The number of nitrogens with one attached hydrogen (secondary N) is 2. The van der Waals surface area contributed by atoms with E-state index in [1.807, 2.05) is 38.1 Å². The molecule has 1 amide bonds. The predicted octanol–water partition coefficient (Wildman–Crippen LogP) is 5.87. The molecule has 3 aliphatic heterocycles. The number of rotatable bonds is 11. The molecule has 0 unspecified atom stereocenters. The second kappa shape index (κ2) is 21.1. The summed E-state index contributed by atoms with van der Waals surface area (Å²) in [5, 5.41) is 15.4. The van der Waals surface area contributed by atoms with Crippen molar-refractivity contribution in [3.8, 4) is 5.75 Å². The smallest absolute Gasteiger partial charge is 0.211 e. The normalized spacial score (nSPS) is 17.8. The number of aryl methyl sites for hydroxylation is 2. The van der Waals surface area contributed by atoms with Crippen LogP contribution in [0.25, 0.3) is 0 Å². The van der Waals surface area contributed by atoms with E-state index in [1.54, 1.807) is 6.07 Å². The molecule has 2 aromatic carbocycles. The Hall–Kier alpha value is -3.11. The number of carbonyl (C=O) groups excluding carboxylic acids is 2. The van der Waals surface area contributed by atoms with Crippen LogP contribution in [0.5, 0.6) is 5.75 Å². The quantitative estimate of drug-likeness (QED) is 0.253. The summed E-state index contributed by atoms with van der Waals surface area (Å²) in [5.74, 6) is 3.00. The number of halogens is 1. The maximum atomic E-state index is 10.7. The Morgan fingerprint density at radius 2 is 1.67 bits per heavy atom. The van der Waals surface area contributed by atoms with Gasteiger partial charge in [-0.05, 0) is 127 Å². The van der Waals surface area contributed by atoms with Crippen LogP contribution >= 0.6 is 11.6 Å². The lowest BCUT2D eigenvalue weighted by atomic mass is 9.80. The number of hydrogen-bond acceptors (Lipinski definition) is 8. The zero-order valence-corrected chi connectivity index (χ0v) is 30.3. The van der Waals surface area contributed by atoms with Crippen molar-refractivity contribution >= 4 is 30.0 Å². The Morgan fingerprint density at radius 3 is 2.29 bits per heavy atom. The molecule has 48 heavy (non-hydrogen) atoms. The molecule has 266 valence electrons. The molecule has 5 rings (SSSR count).